The molecule has 0 radical (unpaired) electrons. The van der Waals surface area contributed by atoms with E-state index in [1.54, 1.807) is 18.2 Å². The van der Waals surface area contributed by atoms with Crippen molar-refractivity contribution in [3.8, 4) is 0 Å². The minimum absolute atomic E-state index is 0.448. The number of nitrogens with one attached hydrogen (secondary N) is 1. The van der Waals surface area contributed by atoms with Gasteiger partial charge in [-0.2, -0.15) is 0 Å². The second-order valence-electron chi connectivity index (χ2n) is 4.51. The number of carboxylic acid groups (broad SMARTS) is 1. The smallest absolute Gasteiger partial charge is 0.330 e. The third-order valence-electron chi connectivity index (χ3n) is 3.03. The molecule has 0 bridgehead atoms. The number of rotatable bonds is 2. The van der Waals surface area contributed by atoms with E-state index in [1.807, 2.05) is 30.3 Å². The normalized spacial score (nSPS) is 15.1. The molecule has 0 saturated carbocycles. The molecular weight excluding hydrogens is 288 g/mol. The summed E-state index contributed by atoms with van der Waals surface area (Å²) < 4.78 is 0. The first-order valence-corrected chi connectivity index (χ1v) is 6.67. The first-order chi connectivity index (χ1) is 10.1. The summed E-state index contributed by atoms with van der Waals surface area (Å²) in [7, 11) is 0. The van der Waals surface area contributed by atoms with Gasteiger partial charge < -0.3 is 10.4 Å². The number of aliphatic carboxylic acids is 1. The van der Waals surface area contributed by atoms with E-state index in [9.17, 15) is 4.79 Å². The van der Waals surface area contributed by atoms with E-state index in [-0.39, 0.29) is 0 Å². The first kappa shape index (κ1) is 13.4. The van der Waals surface area contributed by atoms with E-state index in [2.05, 4.69) is 10.3 Å². The zero-order valence-corrected chi connectivity index (χ0v) is 11.6. The van der Waals surface area contributed by atoms with E-state index in [4.69, 9.17) is 16.7 Å². The van der Waals surface area contributed by atoms with Crippen LogP contribution in [0.3, 0.4) is 0 Å². The third kappa shape index (κ3) is 2.80. The second-order valence-corrected chi connectivity index (χ2v) is 4.95. The Bertz CT molecular complexity index is 767. The topological polar surface area (TPSA) is 61.7 Å². The molecule has 1 heterocycles. The van der Waals surface area contributed by atoms with Crippen LogP contribution in [0.25, 0.3) is 0 Å². The molecule has 1 aliphatic rings. The summed E-state index contributed by atoms with van der Waals surface area (Å²) in [5.41, 5.74) is 3.27. The molecule has 0 aromatic heterocycles. The van der Waals surface area contributed by atoms with Gasteiger partial charge in [0.15, 0.2) is 0 Å². The summed E-state index contributed by atoms with van der Waals surface area (Å²) in [4.78, 5) is 15.6. The van der Waals surface area contributed by atoms with Crippen molar-refractivity contribution in [2.24, 2.45) is 4.99 Å². The number of nitrogens with zero attached hydrogens (tertiary/aromatic N) is 1. The molecule has 2 N–H and O–H groups in total. The first-order valence-electron chi connectivity index (χ1n) is 6.29. The number of halogens is 1. The average molecular weight is 299 g/mol. The lowest BCUT2D eigenvalue weighted by Gasteiger charge is -2.20. The molecule has 0 saturated heterocycles. The lowest BCUT2D eigenvalue weighted by Crippen LogP contribution is -2.18. The molecule has 21 heavy (non-hydrogen) atoms. The maximum Gasteiger partial charge on any atom is 0.330 e. The van der Waals surface area contributed by atoms with Crippen LogP contribution in [0.15, 0.2) is 65.3 Å². The van der Waals surface area contributed by atoms with Crippen LogP contribution in [-0.2, 0) is 4.79 Å². The fourth-order valence-corrected chi connectivity index (χ4v) is 2.30. The van der Waals surface area contributed by atoms with Gasteiger partial charge in [0.2, 0.25) is 0 Å². The highest BCUT2D eigenvalue weighted by molar-refractivity contribution is 6.31. The second kappa shape index (κ2) is 5.42. The summed E-state index contributed by atoms with van der Waals surface area (Å²) in [6.45, 7) is 0. The van der Waals surface area contributed by atoms with Gasteiger partial charge >= 0.3 is 5.97 Å². The molecule has 1 aliphatic heterocycles. The summed E-state index contributed by atoms with van der Waals surface area (Å²) in [6.07, 6.45) is 1.11. The number of benzene rings is 2. The summed E-state index contributed by atoms with van der Waals surface area (Å²) in [6, 6.07) is 14.7. The molecule has 0 unspecified atom stereocenters. The van der Waals surface area contributed by atoms with E-state index in [0.29, 0.717) is 22.1 Å². The van der Waals surface area contributed by atoms with Crippen LogP contribution >= 0.6 is 11.6 Å². The number of carboxylic acids is 1. The molecule has 5 heteroatoms. The van der Waals surface area contributed by atoms with Crippen molar-refractivity contribution < 1.29 is 9.90 Å². The van der Waals surface area contributed by atoms with E-state index >= 15 is 0 Å². The fraction of sp³-hybridized carbons (Fsp3) is 0. The zero-order valence-electron chi connectivity index (χ0n) is 10.9. The van der Waals surface area contributed by atoms with Crippen molar-refractivity contribution in [1.82, 2.24) is 0 Å². The Balaban J connectivity index is 2.17. The van der Waals surface area contributed by atoms with Crippen molar-refractivity contribution in [1.29, 1.82) is 0 Å². The van der Waals surface area contributed by atoms with Crippen molar-refractivity contribution in [3.63, 3.8) is 0 Å². The van der Waals surface area contributed by atoms with Crippen LogP contribution in [0, 0.1) is 0 Å². The van der Waals surface area contributed by atoms with Crippen LogP contribution in [0.4, 0.5) is 11.4 Å². The number of fused-ring (bicyclic) bond motifs is 1. The predicted octanol–water partition coefficient (Wildman–Crippen LogP) is 3.85. The minimum Gasteiger partial charge on any atom is -0.478 e. The van der Waals surface area contributed by atoms with Crippen LogP contribution < -0.4 is 5.32 Å². The maximum absolute atomic E-state index is 11.0. The number of aliphatic imine (C=N–C) groups is 1. The Labute approximate surface area is 126 Å². The van der Waals surface area contributed by atoms with Gasteiger partial charge in [0, 0.05) is 16.7 Å². The number of carbonyl (C=O) groups is 1. The molecule has 2 aromatic carbocycles. The number of hydrogen-bond donors (Lipinski definition) is 2. The van der Waals surface area contributed by atoms with Crippen LogP contribution in [0.1, 0.15) is 5.56 Å². The van der Waals surface area contributed by atoms with E-state index in [1.165, 1.54) is 0 Å². The van der Waals surface area contributed by atoms with Crippen molar-refractivity contribution in [2.45, 2.75) is 0 Å². The van der Waals surface area contributed by atoms with Crippen LogP contribution in [-0.4, -0.2) is 16.8 Å². The van der Waals surface area contributed by atoms with E-state index in [0.717, 1.165) is 17.3 Å². The van der Waals surface area contributed by atoms with E-state index < -0.39 is 5.97 Å². The van der Waals surface area contributed by atoms with Crippen molar-refractivity contribution >= 4 is 34.7 Å². The quantitative estimate of drug-likeness (QED) is 0.828. The van der Waals surface area contributed by atoms with Crippen LogP contribution in [0.5, 0.6) is 0 Å². The Kier molecular flexibility index (Phi) is 3.46. The van der Waals surface area contributed by atoms with Crippen LogP contribution in [0.2, 0.25) is 5.02 Å². The SMILES string of the molecule is O=C(O)/C=C1/Nc2ccc(Cl)cc2N=C1c1ccccc1. The molecule has 4 nitrogen and oxygen atoms in total. The van der Waals surface area contributed by atoms with Gasteiger partial charge in [0.25, 0.3) is 0 Å². The zero-order chi connectivity index (χ0) is 14.8. The highest BCUT2D eigenvalue weighted by atomic mass is 35.5. The Morgan fingerprint density at radius 1 is 1.19 bits per heavy atom. The molecule has 0 atom stereocenters. The van der Waals surface area contributed by atoms with Gasteiger partial charge in [-0.1, -0.05) is 41.9 Å². The van der Waals surface area contributed by atoms with Gasteiger partial charge in [0.1, 0.15) is 0 Å². The standard InChI is InChI=1S/C16H11ClN2O2/c17-11-6-7-12-13(8-11)19-16(10-4-2-1-3-5-10)14(18-12)9-15(20)21/h1-9,18H,(H,20,21)/b14-9+. The predicted molar refractivity (Wildman–Crippen MR) is 83.4 cm³/mol. The Hall–Kier alpha value is -2.59. The molecule has 104 valence electrons. The molecule has 3 rings (SSSR count). The van der Waals surface area contributed by atoms with Gasteiger partial charge in [-0.3, -0.25) is 0 Å². The minimum atomic E-state index is -1.03. The van der Waals surface area contributed by atoms with Gasteiger partial charge in [-0.25, -0.2) is 9.79 Å². The monoisotopic (exact) mass is 298 g/mol. The molecule has 0 aliphatic carbocycles. The fourth-order valence-electron chi connectivity index (χ4n) is 2.13. The van der Waals surface area contributed by atoms with Gasteiger partial charge in [-0.05, 0) is 18.2 Å². The highest BCUT2D eigenvalue weighted by Gasteiger charge is 2.19. The third-order valence-corrected chi connectivity index (χ3v) is 3.27. The Morgan fingerprint density at radius 2 is 1.95 bits per heavy atom. The lowest BCUT2D eigenvalue weighted by molar-refractivity contribution is -0.131. The average Bonchev–Trinajstić information content (AvgIpc) is 2.47. The number of anilines is 1. The van der Waals surface area contributed by atoms with Gasteiger partial charge in [-0.15, -0.1) is 0 Å². The van der Waals surface area contributed by atoms with Crippen molar-refractivity contribution in [3.05, 3.63) is 70.9 Å². The summed E-state index contributed by atoms with van der Waals surface area (Å²) in [5.74, 6) is -1.03. The summed E-state index contributed by atoms with van der Waals surface area (Å²) >= 11 is 5.99. The maximum atomic E-state index is 11.0. The molecule has 0 spiro atoms. The summed E-state index contributed by atoms with van der Waals surface area (Å²) in [5, 5.41) is 12.7. The highest BCUT2D eigenvalue weighted by Crippen LogP contribution is 2.34. The lowest BCUT2D eigenvalue weighted by atomic mass is 10.0. The molecule has 0 fully saturated rings. The molecular formula is C16H11ClN2O2. The number of hydrogen-bond acceptors (Lipinski definition) is 3. The number of allylic oxidation sites excluding steroid dienone is 1. The Morgan fingerprint density at radius 3 is 2.67 bits per heavy atom. The molecule has 2 aromatic rings. The van der Waals surface area contributed by atoms with Gasteiger partial charge in [0.05, 0.1) is 22.8 Å². The van der Waals surface area contributed by atoms with Crippen molar-refractivity contribution in [2.75, 3.05) is 5.32 Å². The molecule has 0 amide bonds. The largest absolute Gasteiger partial charge is 0.478 e.